The summed E-state index contributed by atoms with van der Waals surface area (Å²) in [5, 5.41) is 8.74. The maximum atomic E-state index is 7.57. The zero-order valence-electron chi connectivity index (χ0n) is 11.8. The van der Waals surface area contributed by atoms with Crippen molar-refractivity contribution in [2.45, 2.75) is 6.92 Å². The quantitative estimate of drug-likeness (QED) is 0.742. The summed E-state index contributed by atoms with van der Waals surface area (Å²) in [5.74, 6) is 0.885. The topological polar surface area (TPSA) is 45.2 Å². The van der Waals surface area contributed by atoms with Gasteiger partial charge in [-0.3, -0.25) is 0 Å². The summed E-state index contributed by atoms with van der Waals surface area (Å²) in [6, 6.07) is 18.5. The van der Waals surface area contributed by atoms with Crippen LogP contribution in [0.15, 0.2) is 54.6 Å². The molecule has 2 aromatic carbocycles. The SMILES string of the molecule is CCO.COc1ccc2[nH]c(-c3ccccc3)cc2c1. The molecule has 0 fully saturated rings. The normalized spacial score (nSPS) is 9.95. The molecule has 2 N–H and O–H groups in total. The average molecular weight is 269 g/mol. The van der Waals surface area contributed by atoms with Gasteiger partial charge in [-0.05, 0) is 36.8 Å². The number of aliphatic hydroxyl groups is 1. The fraction of sp³-hybridized carbons (Fsp3) is 0.176. The van der Waals surface area contributed by atoms with Crippen LogP contribution in [-0.2, 0) is 0 Å². The van der Waals surface area contributed by atoms with Gasteiger partial charge in [0.25, 0.3) is 0 Å². The minimum Gasteiger partial charge on any atom is -0.497 e. The number of benzene rings is 2. The molecule has 0 bridgehead atoms. The molecule has 0 spiro atoms. The number of aromatic nitrogens is 1. The van der Waals surface area contributed by atoms with E-state index in [-0.39, 0.29) is 6.61 Å². The molecule has 0 unspecified atom stereocenters. The third-order valence-electron chi connectivity index (χ3n) is 2.91. The molecular formula is C17H19NO2. The number of aliphatic hydroxyl groups excluding tert-OH is 1. The van der Waals surface area contributed by atoms with Crippen LogP contribution < -0.4 is 4.74 Å². The molecule has 1 aromatic heterocycles. The largest absolute Gasteiger partial charge is 0.497 e. The Morgan fingerprint density at radius 2 is 1.75 bits per heavy atom. The first kappa shape index (κ1) is 14.2. The van der Waals surface area contributed by atoms with E-state index < -0.39 is 0 Å². The lowest BCUT2D eigenvalue weighted by molar-refractivity contribution is 0.318. The molecule has 104 valence electrons. The number of ether oxygens (including phenoxy) is 1. The Morgan fingerprint density at radius 3 is 2.40 bits per heavy atom. The fourth-order valence-electron chi connectivity index (χ4n) is 2.01. The molecule has 1 heterocycles. The van der Waals surface area contributed by atoms with Crippen LogP contribution in [0.3, 0.4) is 0 Å². The number of methoxy groups -OCH3 is 1. The number of H-pyrrole nitrogens is 1. The van der Waals surface area contributed by atoms with Crippen molar-refractivity contribution in [3.05, 3.63) is 54.6 Å². The van der Waals surface area contributed by atoms with Crippen molar-refractivity contribution in [3.8, 4) is 17.0 Å². The van der Waals surface area contributed by atoms with Gasteiger partial charge in [-0.25, -0.2) is 0 Å². The fourth-order valence-corrected chi connectivity index (χ4v) is 2.01. The number of nitrogens with one attached hydrogen (secondary N) is 1. The zero-order chi connectivity index (χ0) is 14.4. The highest BCUT2D eigenvalue weighted by Crippen LogP contribution is 2.26. The molecule has 0 atom stereocenters. The van der Waals surface area contributed by atoms with Gasteiger partial charge in [-0.2, -0.15) is 0 Å². The van der Waals surface area contributed by atoms with Crippen LogP contribution in [0.2, 0.25) is 0 Å². The molecule has 0 saturated heterocycles. The van der Waals surface area contributed by atoms with Gasteiger partial charge in [-0.1, -0.05) is 30.3 Å². The summed E-state index contributed by atoms with van der Waals surface area (Å²) >= 11 is 0. The number of hydrogen-bond donors (Lipinski definition) is 2. The van der Waals surface area contributed by atoms with Crippen molar-refractivity contribution in [1.29, 1.82) is 0 Å². The first-order valence-electron chi connectivity index (χ1n) is 6.61. The Balaban J connectivity index is 0.000000452. The standard InChI is InChI=1S/C15H13NO.C2H6O/c1-17-13-7-8-14-12(9-13)10-15(16-14)11-5-3-2-4-6-11;1-2-3/h2-10,16H,1H3;3H,2H2,1H3. The van der Waals surface area contributed by atoms with E-state index in [2.05, 4.69) is 23.2 Å². The van der Waals surface area contributed by atoms with Crippen molar-refractivity contribution >= 4 is 10.9 Å². The maximum Gasteiger partial charge on any atom is 0.119 e. The molecule has 0 aliphatic carbocycles. The molecule has 3 nitrogen and oxygen atoms in total. The summed E-state index contributed by atoms with van der Waals surface area (Å²) in [6.07, 6.45) is 0. The molecule has 20 heavy (non-hydrogen) atoms. The monoisotopic (exact) mass is 269 g/mol. The summed E-state index contributed by atoms with van der Waals surface area (Å²) in [7, 11) is 1.69. The van der Waals surface area contributed by atoms with Gasteiger partial charge in [0.2, 0.25) is 0 Å². The van der Waals surface area contributed by atoms with Crippen LogP contribution in [-0.4, -0.2) is 23.8 Å². The highest BCUT2D eigenvalue weighted by atomic mass is 16.5. The number of rotatable bonds is 2. The Bertz CT molecular complexity index is 659. The molecule has 0 amide bonds. The number of fused-ring (bicyclic) bond motifs is 1. The van der Waals surface area contributed by atoms with E-state index in [0.717, 1.165) is 17.0 Å². The number of hydrogen-bond acceptors (Lipinski definition) is 2. The van der Waals surface area contributed by atoms with E-state index in [0.29, 0.717) is 0 Å². The predicted molar refractivity (Wildman–Crippen MR) is 83.0 cm³/mol. The van der Waals surface area contributed by atoms with Gasteiger partial charge in [0.05, 0.1) is 7.11 Å². The Morgan fingerprint density at radius 1 is 1.05 bits per heavy atom. The second-order valence-corrected chi connectivity index (χ2v) is 4.32. The average Bonchev–Trinajstić information content (AvgIpc) is 2.92. The summed E-state index contributed by atoms with van der Waals surface area (Å²) in [6.45, 7) is 1.93. The zero-order valence-corrected chi connectivity index (χ0v) is 11.8. The van der Waals surface area contributed by atoms with Crippen LogP contribution in [0.1, 0.15) is 6.92 Å². The van der Waals surface area contributed by atoms with Crippen LogP contribution in [0.5, 0.6) is 5.75 Å². The Kier molecular flexibility index (Phi) is 4.80. The second-order valence-electron chi connectivity index (χ2n) is 4.32. The Labute approximate surface area is 118 Å². The molecule has 0 saturated carbocycles. The third-order valence-corrected chi connectivity index (χ3v) is 2.91. The minimum atomic E-state index is 0.250. The van der Waals surface area contributed by atoms with Gasteiger partial charge < -0.3 is 14.8 Å². The smallest absolute Gasteiger partial charge is 0.119 e. The minimum absolute atomic E-state index is 0.250. The van der Waals surface area contributed by atoms with Crippen molar-refractivity contribution in [2.24, 2.45) is 0 Å². The molecule has 3 rings (SSSR count). The van der Waals surface area contributed by atoms with Gasteiger partial charge in [0.15, 0.2) is 0 Å². The van der Waals surface area contributed by atoms with Crippen molar-refractivity contribution in [3.63, 3.8) is 0 Å². The van der Waals surface area contributed by atoms with Crippen LogP contribution in [0.4, 0.5) is 0 Å². The molecule has 0 aliphatic heterocycles. The van der Waals surface area contributed by atoms with Crippen LogP contribution in [0, 0.1) is 0 Å². The van der Waals surface area contributed by atoms with Crippen LogP contribution in [0.25, 0.3) is 22.2 Å². The lowest BCUT2D eigenvalue weighted by atomic mass is 10.1. The van der Waals surface area contributed by atoms with Crippen molar-refractivity contribution in [2.75, 3.05) is 13.7 Å². The lowest BCUT2D eigenvalue weighted by Gasteiger charge is -1.97. The molecule has 3 aromatic rings. The van der Waals surface area contributed by atoms with Crippen LogP contribution >= 0.6 is 0 Å². The van der Waals surface area contributed by atoms with E-state index in [4.69, 9.17) is 9.84 Å². The Hall–Kier alpha value is -2.26. The van der Waals surface area contributed by atoms with Gasteiger partial charge >= 0.3 is 0 Å². The highest BCUT2D eigenvalue weighted by molar-refractivity contribution is 5.86. The van der Waals surface area contributed by atoms with E-state index in [1.54, 1.807) is 14.0 Å². The number of aromatic amines is 1. The van der Waals surface area contributed by atoms with E-state index in [1.807, 2.05) is 36.4 Å². The van der Waals surface area contributed by atoms with Gasteiger partial charge in [-0.15, -0.1) is 0 Å². The van der Waals surface area contributed by atoms with E-state index in [9.17, 15) is 0 Å². The lowest BCUT2D eigenvalue weighted by Crippen LogP contribution is -1.80. The van der Waals surface area contributed by atoms with Gasteiger partial charge in [0.1, 0.15) is 5.75 Å². The molecule has 0 radical (unpaired) electrons. The first-order valence-corrected chi connectivity index (χ1v) is 6.61. The maximum absolute atomic E-state index is 7.57. The highest BCUT2D eigenvalue weighted by Gasteiger charge is 2.03. The van der Waals surface area contributed by atoms with Crippen molar-refractivity contribution < 1.29 is 9.84 Å². The predicted octanol–water partition coefficient (Wildman–Crippen LogP) is 3.84. The summed E-state index contributed by atoms with van der Waals surface area (Å²) in [4.78, 5) is 3.41. The molecule has 0 aliphatic rings. The molecule has 3 heteroatoms. The third kappa shape index (κ3) is 3.19. The second kappa shape index (κ2) is 6.78. The summed E-state index contributed by atoms with van der Waals surface area (Å²) < 4.78 is 5.22. The van der Waals surface area contributed by atoms with Gasteiger partial charge in [0, 0.05) is 23.2 Å². The van der Waals surface area contributed by atoms with Crippen molar-refractivity contribution in [1.82, 2.24) is 4.98 Å². The van der Waals surface area contributed by atoms with E-state index >= 15 is 0 Å². The summed E-state index contributed by atoms with van der Waals surface area (Å²) in [5.41, 5.74) is 3.46. The van der Waals surface area contributed by atoms with E-state index in [1.165, 1.54) is 10.9 Å². The molecular weight excluding hydrogens is 250 g/mol. The first-order chi connectivity index (χ1) is 9.78.